The van der Waals surface area contributed by atoms with Crippen molar-refractivity contribution in [2.75, 3.05) is 19.6 Å². The van der Waals surface area contributed by atoms with Crippen LogP contribution in [0.25, 0.3) is 0 Å². The molecular weight excluding hydrogens is 246 g/mol. The Morgan fingerprint density at radius 1 is 1.05 bits per heavy atom. The van der Waals surface area contributed by atoms with Gasteiger partial charge in [0.15, 0.2) is 5.78 Å². The lowest BCUT2D eigenvalue weighted by atomic mass is 10.0. The average Bonchev–Trinajstić information content (AvgIpc) is 2.41. The second kappa shape index (κ2) is 8.91. The number of Topliss-reactive ketones (excluding diaryl/α,β-unsaturated/α-hetero) is 1. The second-order valence-electron chi connectivity index (χ2n) is 5.72. The van der Waals surface area contributed by atoms with Crippen LogP contribution in [-0.4, -0.2) is 30.3 Å². The molecule has 0 radical (unpaired) electrons. The maximum atomic E-state index is 12.5. The van der Waals surface area contributed by atoms with E-state index in [2.05, 4.69) is 31.7 Å². The molecule has 1 rings (SSSR count). The van der Waals surface area contributed by atoms with Crippen molar-refractivity contribution in [1.82, 2.24) is 4.90 Å². The van der Waals surface area contributed by atoms with Crippen LogP contribution in [0.3, 0.4) is 0 Å². The van der Waals surface area contributed by atoms with Crippen LogP contribution in [0.2, 0.25) is 0 Å². The van der Waals surface area contributed by atoms with Gasteiger partial charge in [-0.25, -0.2) is 0 Å². The molecule has 0 aliphatic heterocycles. The Balaban J connectivity index is 2.68. The first kappa shape index (κ1) is 16.9. The van der Waals surface area contributed by atoms with Gasteiger partial charge in [-0.15, -0.1) is 0 Å². The molecule has 0 bridgehead atoms. The topological polar surface area (TPSA) is 20.3 Å². The van der Waals surface area contributed by atoms with E-state index in [4.69, 9.17) is 0 Å². The van der Waals surface area contributed by atoms with E-state index in [9.17, 15) is 4.79 Å². The zero-order valence-corrected chi connectivity index (χ0v) is 13.5. The Labute approximate surface area is 124 Å². The van der Waals surface area contributed by atoms with E-state index in [1.165, 1.54) is 31.2 Å². The smallest absolute Gasteiger partial charge is 0.177 e. The minimum Gasteiger partial charge on any atom is -0.296 e. The highest BCUT2D eigenvalue weighted by Crippen LogP contribution is 2.12. The molecule has 0 spiro atoms. The van der Waals surface area contributed by atoms with Crippen molar-refractivity contribution in [2.24, 2.45) is 0 Å². The standard InChI is InChI=1S/C18H29NO/c1-5-7-11-19(12-8-6-2)14-18(20)17-10-9-15(3)13-16(17)4/h9-10,13H,5-8,11-12,14H2,1-4H3. The molecule has 0 heterocycles. The highest BCUT2D eigenvalue weighted by Gasteiger charge is 2.13. The summed E-state index contributed by atoms with van der Waals surface area (Å²) in [5.74, 6) is 0.259. The number of carbonyl (C=O) groups is 1. The number of unbranched alkanes of at least 4 members (excludes halogenated alkanes) is 2. The number of hydrogen-bond acceptors (Lipinski definition) is 2. The van der Waals surface area contributed by atoms with Gasteiger partial charge in [0, 0.05) is 5.56 Å². The molecule has 0 aliphatic carbocycles. The first-order valence-corrected chi connectivity index (χ1v) is 7.91. The number of carbonyl (C=O) groups excluding carboxylic acids is 1. The summed E-state index contributed by atoms with van der Waals surface area (Å²) in [7, 11) is 0. The maximum Gasteiger partial charge on any atom is 0.177 e. The monoisotopic (exact) mass is 275 g/mol. The lowest BCUT2D eigenvalue weighted by molar-refractivity contribution is 0.0927. The Hall–Kier alpha value is -1.15. The predicted molar refractivity (Wildman–Crippen MR) is 86.5 cm³/mol. The first-order chi connectivity index (χ1) is 9.58. The molecule has 1 aromatic rings. The SMILES string of the molecule is CCCCN(CCCC)CC(=O)c1ccc(C)cc1C. The van der Waals surface area contributed by atoms with Crippen LogP contribution in [0.4, 0.5) is 0 Å². The number of benzene rings is 1. The molecule has 2 nitrogen and oxygen atoms in total. The van der Waals surface area contributed by atoms with Crippen molar-refractivity contribution >= 4 is 5.78 Å². The van der Waals surface area contributed by atoms with E-state index in [0.29, 0.717) is 6.54 Å². The molecule has 112 valence electrons. The fraction of sp³-hybridized carbons (Fsp3) is 0.611. The van der Waals surface area contributed by atoms with Gasteiger partial charge in [-0.2, -0.15) is 0 Å². The summed E-state index contributed by atoms with van der Waals surface area (Å²) in [5, 5.41) is 0. The number of rotatable bonds is 9. The van der Waals surface area contributed by atoms with Crippen molar-refractivity contribution in [3.05, 3.63) is 34.9 Å². The maximum absolute atomic E-state index is 12.5. The van der Waals surface area contributed by atoms with Crippen molar-refractivity contribution < 1.29 is 4.79 Å². The summed E-state index contributed by atoms with van der Waals surface area (Å²) in [6, 6.07) is 6.10. The fourth-order valence-electron chi connectivity index (χ4n) is 2.45. The van der Waals surface area contributed by atoms with Gasteiger partial charge in [-0.05, 0) is 45.3 Å². The molecule has 0 aliphatic rings. The predicted octanol–water partition coefficient (Wildman–Crippen LogP) is 4.39. The molecule has 1 aromatic carbocycles. The summed E-state index contributed by atoms with van der Waals surface area (Å²) in [4.78, 5) is 14.8. The summed E-state index contributed by atoms with van der Waals surface area (Å²) in [5.41, 5.74) is 3.20. The molecule has 0 amide bonds. The fourth-order valence-corrected chi connectivity index (χ4v) is 2.45. The molecule has 0 N–H and O–H groups in total. The van der Waals surface area contributed by atoms with E-state index >= 15 is 0 Å². The van der Waals surface area contributed by atoms with Crippen molar-refractivity contribution in [1.29, 1.82) is 0 Å². The summed E-state index contributed by atoms with van der Waals surface area (Å²) in [6.45, 7) is 11.1. The van der Waals surface area contributed by atoms with Gasteiger partial charge in [0.25, 0.3) is 0 Å². The molecule has 0 saturated carbocycles. The third-order valence-electron chi connectivity index (χ3n) is 3.71. The molecule has 2 heteroatoms. The molecule has 0 atom stereocenters. The minimum absolute atomic E-state index is 0.259. The number of nitrogens with zero attached hydrogens (tertiary/aromatic N) is 1. The Morgan fingerprint density at radius 2 is 1.65 bits per heavy atom. The van der Waals surface area contributed by atoms with Gasteiger partial charge in [-0.3, -0.25) is 9.69 Å². The van der Waals surface area contributed by atoms with E-state index in [0.717, 1.165) is 24.2 Å². The van der Waals surface area contributed by atoms with Crippen molar-refractivity contribution in [3.8, 4) is 0 Å². The van der Waals surface area contributed by atoms with Crippen LogP contribution in [0.15, 0.2) is 18.2 Å². The lowest BCUT2D eigenvalue weighted by Gasteiger charge is -2.21. The third-order valence-corrected chi connectivity index (χ3v) is 3.71. The van der Waals surface area contributed by atoms with Crippen LogP contribution < -0.4 is 0 Å². The Kier molecular flexibility index (Phi) is 7.53. The molecule has 20 heavy (non-hydrogen) atoms. The van der Waals surface area contributed by atoms with Crippen molar-refractivity contribution in [2.45, 2.75) is 53.4 Å². The highest BCUT2D eigenvalue weighted by atomic mass is 16.1. The van der Waals surface area contributed by atoms with Gasteiger partial charge < -0.3 is 0 Å². The van der Waals surface area contributed by atoms with Crippen molar-refractivity contribution in [3.63, 3.8) is 0 Å². The van der Waals surface area contributed by atoms with Crippen LogP contribution in [0.1, 0.15) is 61.0 Å². The van der Waals surface area contributed by atoms with Gasteiger partial charge in [0.05, 0.1) is 6.54 Å². The largest absolute Gasteiger partial charge is 0.296 e. The highest BCUT2D eigenvalue weighted by molar-refractivity contribution is 5.98. The first-order valence-electron chi connectivity index (χ1n) is 7.91. The quantitative estimate of drug-likeness (QED) is 0.623. The van der Waals surface area contributed by atoms with Gasteiger partial charge in [0.2, 0.25) is 0 Å². The summed E-state index contributed by atoms with van der Waals surface area (Å²) >= 11 is 0. The molecule has 0 fully saturated rings. The number of ketones is 1. The summed E-state index contributed by atoms with van der Waals surface area (Å²) < 4.78 is 0. The van der Waals surface area contributed by atoms with E-state index in [1.807, 2.05) is 19.1 Å². The van der Waals surface area contributed by atoms with Crippen LogP contribution in [-0.2, 0) is 0 Å². The van der Waals surface area contributed by atoms with Gasteiger partial charge in [0.1, 0.15) is 0 Å². The van der Waals surface area contributed by atoms with E-state index < -0.39 is 0 Å². The zero-order chi connectivity index (χ0) is 15.0. The Morgan fingerprint density at radius 3 is 2.15 bits per heavy atom. The van der Waals surface area contributed by atoms with Crippen LogP contribution >= 0.6 is 0 Å². The van der Waals surface area contributed by atoms with Crippen LogP contribution in [0.5, 0.6) is 0 Å². The second-order valence-corrected chi connectivity index (χ2v) is 5.72. The average molecular weight is 275 g/mol. The van der Waals surface area contributed by atoms with Crippen LogP contribution in [0, 0.1) is 13.8 Å². The van der Waals surface area contributed by atoms with Gasteiger partial charge >= 0.3 is 0 Å². The molecule has 0 saturated heterocycles. The van der Waals surface area contributed by atoms with E-state index in [-0.39, 0.29) is 5.78 Å². The Bertz CT molecular complexity index is 417. The zero-order valence-electron chi connectivity index (χ0n) is 13.5. The minimum atomic E-state index is 0.259. The van der Waals surface area contributed by atoms with Gasteiger partial charge in [-0.1, -0.05) is 50.5 Å². The van der Waals surface area contributed by atoms with E-state index in [1.54, 1.807) is 0 Å². The molecule has 0 unspecified atom stereocenters. The number of hydrogen-bond donors (Lipinski definition) is 0. The summed E-state index contributed by atoms with van der Waals surface area (Å²) in [6.07, 6.45) is 4.70. The number of aryl methyl sites for hydroxylation is 2. The third kappa shape index (κ3) is 5.46. The molecule has 0 aromatic heterocycles. The molecular formula is C18H29NO. The normalized spacial score (nSPS) is 11.1. The lowest BCUT2D eigenvalue weighted by Crippen LogP contribution is -2.32.